The van der Waals surface area contributed by atoms with Gasteiger partial charge >= 0.3 is 0 Å². The number of benzene rings is 1. The number of nitrogens with one attached hydrogen (secondary N) is 1. The minimum absolute atomic E-state index is 0.332. The van der Waals surface area contributed by atoms with Crippen LogP contribution in [0.4, 0.5) is 0 Å². The predicted octanol–water partition coefficient (Wildman–Crippen LogP) is 2.05. The molecular weight excluding hydrogens is 202 g/mol. The van der Waals surface area contributed by atoms with Crippen molar-refractivity contribution in [2.24, 2.45) is 0 Å². The zero-order valence-corrected chi connectivity index (χ0v) is 9.48. The van der Waals surface area contributed by atoms with Crippen LogP contribution in [0.2, 0.25) is 0 Å². The Morgan fingerprint density at radius 1 is 1.44 bits per heavy atom. The van der Waals surface area contributed by atoms with Gasteiger partial charge in [0.2, 0.25) is 0 Å². The monoisotopic (exact) mass is 221 g/mol. The maximum atomic E-state index is 9.29. The van der Waals surface area contributed by atoms with Crippen LogP contribution in [0, 0.1) is 0 Å². The molecule has 1 aliphatic rings. The summed E-state index contributed by atoms with van der Waals surface area (Å²) in [4.78, 5) is 0. The van der Waals surface area contributed by atoms with E-state index >= 15 is 0 Å². The van der Waals surface area contributed by atoms with Gasteiger partial charge in [0, 0.05) is 13.2 Å². The highest BCUT2D eigenvalue weighted by molar-refractivity contribution is 5.26. The van der Waals surface area contributed by atoms with E-state index in [2.05, 4.69) is 5.32 Å². The van der Waals surface area contributed by atoms with Gasteiger partial charge < -0.3 is 15.2 Å². The summed E-state index contributed by atoms with van der Waals surface area (Å²) in [6.07, 6.45) is 3.95. The number of aromatic hydroxyl groups is 1. The quantitative estimate of drug-likeness (QED) is 0.748. The number of phenolic OH excluding ortho intramolecular Hbond substituents is 1. The summed E-state index contributed by atoms with van der Waals surface area (Å²) in [5.41, 5.74) is 1.12. The molecule has 1 aliphatic heterocycles. The number of phenols is 1. The Morgan fingerprint density at radius 3 is 3.12 bits per heavy atom. The van der Waals surface area contributed by atoms with E-state index in [1.807, 2.05) is 12.1 Å². The van der Waals surface area contributed by atoms with Gasteiger partial charge in [-0.25, -0.2) is 0 Å². The first-order valence-corrected chi connectivity index (χ1v) is 5.95. The van der Waals surface area contributed by atoms with E-state index in [-0.39, 0.29) is 0 Å². The third kappa shape index (κ3) is 3.51. The Labute approximate surface area is 96.4 Å². The normalized spacial score (nSPS) is 20.1. The molecule has 1 fully saturated rings. The van der Waals surface area contributed by atoms with Crippen LogP contribution < -0.4 is 5.32 Å². The highest BCUT2D eigenvalue weighted by Gasteiger charge is 2.14. The van der Waals surface area contributed by atoms with Gasteiger partial charge in [0.25, 0.3) is 0 Å². The lowest BCUT2D eigenvalue weighted by atomic mass is 10.2. The average Bonchev–Trinajstić information content (AvgIpc) is 2.77. The Kier molecular flexibility index (Phi) is 4.19. The molecule has 0 bridgehead atoms. The van der Waals surface area contributed by atoms with Crippen LogP contribution >= 0.6 is 0 Å². The van der Waals surface area contributed by atoms with E-state index in [0.29, 0.717) is 11.9 Å². The third-order valence-corrected chi connectivity index (χ3v) is 2.91. The lowest BCUT2D eigenvalue weighted by Crippen LogP contribution is -2.19. The summed E-state index contributed by atoms with van der Waals surface area (Å²) in [5, 5.41) is 12.7. The van der Waals surface area contributed by atoms with Gasteiger partial charge in [-0.2, -0.15) is 0 Å². The SMILES string of the molecule is Oc1cccc(CNCC[C@H]2CCCO2)c1. The molecule has 0 spiro atoms. The summed E-state index contributed by atoms with van der Waals surface area (Å²) >= 11 is 0. The fourth-order valence-electron chi connectivity index (χ4n) is 2.03. The first-order chi connectivity index (χ1) is 7.84. The van der Waals surface area contributed by atoms with Gasteiger partial charge in [-0.05, 0) is 43.5 Å². The van der Waals surface area contributed by atoms with Crippen LogP contribution in [0.15, 0.2) is 24.3 Å². The molecule has 0 saturated carbocycles. The van der Waals surface area contributed by atoms with Gasteiger partial charge in [0.05, 0.1) is 6.10 Å². The lowest BCUT2D eigenvalue weighted by Gasteiger charge is -2.10. The second kappa shape index (κ2) is 5.87. The van der Waals surface area contributed by atoms with Gasteiger partial charge in [-0.15, -0.1) is 0 Å². The molecule has 0 unspecified atom stereocenters. The topological polar surface area (TPSA) is 41.5 Å². The summed E-state index contributed by atoms with van der Waals surface area (Å²) in [6.45, 7) is 2.71. The van der Waals surface area contributed by atoms with Crippen LogP contribution in [-0.2, 0) is 11.3 Å². The number of rotatable bonds is 5. The molecule has 1 atom stereocenters. The highest BCUT2D eigenvalue weighted by atomic mass is 16.5. The van der Waals surface area contributed by atoms with E-state index < -0.39 is 0 Å². The minimum atomic E-state index is 0.332. The standard InChI is InChI=1S/C13H19NO2/c15-12-4-1-3-11(9-12)10-14-7-6-13-5-2-8-16-13/h1,3-4,9,13-15H,2,5-8,10H2/t13-/m1/s1. The van der Waals surface area contributed by atoms with Crippen molar-refractivity contribution >= 4 is 0 Å². The van der Waals surface area contributed by atoms with Gasteiger partial charge in [0.1, 0.15) is 5.75 Å². The van der Waals surface area contributed by atoms with Crippen molar-refractivity contribution in [3.63, 3.8) is 0 Å². The molecule has 3 heteroatoms. The summed E-state index contributed by atoms with van der Waals surface area (Å²) in [6, 6.07) is 7.36. The lowest BCUT2D eigenvalue weighted by molar-refractivity contribution is 0.104. The van der Waals surface area contributed by atoms with Crippen LogP contribution in [0.3, 0.4) is 0 Å². The van der Waals surface area contributed by atoms with Crippen LogP contribution in [0.1, 0.15) is 24.8 Å². The maximum Gasteiger partial charge on any atom is 0.115 e. The van der Waals surface area contributed by atoms with E-state index in [1.165, 1.54) is 12.8 Å². The summed E-state index contributed by atoms with van der Waals surface area (Å²) in [7, 11) is 0. The van der Waals surface area contributed by atoms with E-state index in [4.69, 9.17) is 4.74 Å². The van der Waals surface area contributed by atoms with E-state index in [0.717, 1.165) is 31.7 Å². The number of hydrogen-bond donors (Lipinski definition) is 2. The predicted molar refractivity (Wildman–Crippen MR) is 63.4 cm³/mol. The first kappa shape index (κ1) is 11.4. The molecule has 3 nitrogen and oxygen atoms in total. The molecule has 0 aliphatic carbocycles. The number of hydrogen-bond acceptors (Lipinski definition) is 3. The summed E-state index contributed by atoms with van der Waals surface area (Å²) < 4.78 is 5.54. The average molecular weight is 221 g/mol. The molecule has 0 aromatic heterocycles. The van der Waals surface area contributed by atoms with Gasteiger partial charge in [0.15, 0.2) is 0 Å². The molecule has 1 aromatic carbocycles. The Bertz CT molecular complexity index is 321. The van der Waals surface area contributed by atoms with Crippen molar-refractivity contribution in [2.45, 2.75) is 31.9 Å². The highest BCUT2D eigenvalue weighted by Crippen LogP contribution is 2.14. The van der Waals surface area contributed by atoms with E-state index in [1.54, 1.807) is 12.1 Å². The molecule has 16 heavy (non-hydrogen) atoms. The second-order valence-electron chi connectivity index (χ2n) is 4.27. The third-order valence-electron chi connectivity index (χ3n) is 2.91. The Hall–Kier alpha value is -1.06. The Balaban J connectivity index is 1.64. The first-order valence-electron chi connectivity index (χ1n) is 5.95. The van der Waals surface area contributed by atoms with Crippen LogP contribution in [0.5, 0.6) is 5.75 Å². The molecule has 88 valence electrons. The van der Waals surface area contributed by atoms with Crippen molar-refractivity contribution in [3.05, 3.63) is 29.8 Å². The van der Waals surface area contributed by atoms with E-state index in [9.17, 15) is 5.11 Å². The summed E-state index contributed by atoms with van der Waals surface area (Å²) in [5.74, 6) is 0.332. The number of ether oxygens (including phenoxy) is 1. The van der Waals surface area contributed by atoms with Crippen molar-refractivity contribution in [1.82, 2.24) is 5.32 Å². The van der Waals surface area contributed by atoms with Gasteiger partial charge in [-0.1, -0.05) is 12.1 Å². The van der Waals surface area contributed by atoms with Crippen LogP contribution in [0.25, 0.3) is 0 Å². The zero-order chi connectivity index (χ0) is 11.2. The second-order valence-corrected chi connectivity index (χ2v) is 4.27. The molecule has 1 heterocycles. The maximum absolute atomic E-state index is 9.29. The van der Waals surface area contributed by atoms with Crippen LogP contribution in [-0.4, -0.2) is 24.4 Å². The molecule has 2 N–H and O–H groups in total. The molecule has 1 saturated heterocycles. The van der Waals surface area contributed by atoms with Crippen molar-refractivity contribution in [3.8, 4) is 5.75 Å². The van der Waals surface area contributed by atoms with Gasteiger partial charge in [-0.3, -0.25) is 0 Å². The minimum Gasteiger partial charge on any atom is -0.508 e. The zero-order valence-electron chi connectivity index (χ0n) is 9.48. The smallest absolute Gasteiger partial charge is 0.115 e. The Morgan fingerprint density at radius 2 is 2.38 bits per heavy atom. The van der Waals surface area contributed by atoms with Crippen molar-refractivity contribution < 1.29 is 9.84 Å². The fraction of sp³-hybridized carbons (Fsp3) is 0.538. The largest absolute Gasteiger partial charge is 0.508 e. The van der Waals surface area contributed by atoms with Crippen molar-refractivity contribution in [1.29, 1.82) is 0 Å². The molecular formula is C13H19NO2. The molecule has 0 amide bonds. The fourth-order valence-corrected chi connectivity index (χ4v) is 2.03. The molecule has 1 aromatic rings. The van der Waals surface area contributed by atoms with Crippen molar-refractivity contribution in [2.75, 3.05) is 13.2 Å². The molecule has 0 radical (unpaired) electrons. The molecule has 2 rings (SSSR count).